The van der Waals surface area contributed by atoms with Crippen molar-refractivity contribution in [1.29, 1.82) is 0 Å². The molecule has 0 radical (unpaired) electrons. The lowest BCUT2D eigenvalue weighted by atomic mass is 10.1. The van der Waals surface area contributed by atoms with Gasteiger partial charge in [-0.2, -0.15) is 0 Å². The molecule has 59 heavy (non-hydrogen) atoms. The molecule has 340 valence electrons. The van der Waals surface area contributed by atoms with Crippen molar-refractivity contribution in [1.82, 2.24) is 0 Å². The van der Waals surface area contributed by atoms with E-state index in [1.165, 1.54) is 116 Å². The van der Waals surface area contributed by atoms with Crippen molar-refractivity contribution in [2.24, 2.45) is 0 Å². The molecule has 0 saturated heterocycles. The summed E-state index contributed by atoms with van der Waals surface area (Å²) in [5.41, 5.74) is 0. The first kappa shape index (κ1) is 56.1. The van der Waals surface area contributed by atoms with Crippen LogP contribution in [0.15, 0.2) is 60.8 Å². The normalized spacial score (nSPS) is 12.1. The van der Waals surface area contributed by atoms with Gasteiger partial charge in [0.05, 0.1) is 0 Å². The Bertz CT molecular complexity index is 1030. The number of rotatable bonds is 44. The van der Waals surface area contributed by atoms with Crippen LogP contribution in [0.1, 0.15) is 239 Å². The van der Waals surface area contributed by atoms with Gasteiger partial charge >= 0.3 is 17.9 Å². The third-order valence-corrected chi connectivity index (χ3v) is 10.5. The van der Waals surface area contributed by atoms with E-state index in [4.69, 9.17) is 14.2 Å². The molecule has 0 aliphatic carbocycles. The fraction of sp³-hybridized carbons (Fsp3) is 0.755. The maximum Gasteiger partial charge on any atom is 0.306 e. The number of ether oxygens (including phenoxy) is 3. The van der Waals surface area contributed by atoms with Crippen LogP contribution in [0, 0.1) is 0 Å². The highest BCUT2D eigenvalue weighted by Gasteiger charge is 2.19. The number of carbonyl (C=O) groups is 3. The molecule has 0 unspecified atom stereocenters. The van der Waals surface area contributed by atoms with Crippen molar-refractivity contribution >= 4 is 17.9 Å². The first-order chi connectivity index (χ1) is 29.0. The van der Waals surface area contributed by atoms with Crippen LogP contribution in [0.2, 0.25) is 0 Å². The summed E-state index contributed by atoms with van der Waals surface area (Å²) in [6, 6.07) is 0. The third kappa shape index (κ3) is 46.0. The number of esters is 3. The number of hydrogen-bond donors (Lipinski definition) is 0. The number of hydrogen-bond acceptors (Lipinski definition) is 6. The van der Waals surface area contributed by atoms with Crippen LogP contribution in [0.4, 0.5) is 0 Å². The van der Waals surface area contributed by atoms with E-state index < -0.39 is 6.10 Å². The Kier molecular flexibility index (Phi) is 45.4. The molecule has 0 aliphatic rings. The van der Waals surface area contributed by atoms with Crippen LogP contribution in [-0.4, -0.2) is 37.2 Å². The molecule has 0 fully saturated rings. The van der Waals surface area contributed by atoms with Crippen molar-refractivity contribution in [2.75, 3.05) is 13.2 Å². The highest BCUT2D eigenvalue weighted by molar-refractivity contribution is 5.71. The Morgan fingerprint density at radius 2 is 0.610 bits per heavy atom. The van der Waals surface area contributed by atoms with Crippen LogP contribution in [0.5, 0.6) is 0 Å². The topological polar surface area (TPSA) is 78.9 Å². The van der Waals surface area contributed by atoms with E-state index in [9.17, 15) is 14.4 Å². The van der Waals surface area contributed by atoms with Crippen LogP contribution < -0.4 is 0 Å². The number of unbranched alkanes of at least 4 members (excludes halogenated alkanes) is 23. The van der Waals surface area contributed by atoms with Gasteiger partial charge in [-0.1, -0.05) is 171 Å². The monoisotopic (exact) mass is 825 g/mol. The predicted molar refractivity (Wildman–Crippen MR) is 251 cm³/mol. The Labute approximate surface area is 364 Å². The van der Waals surface area contributed by atoms with Gasteiger partial charge in [-0.25, -0.2) is 0 Å². The summed E-state index contributed by atoms with van der Waals surface area (Å²) in [5.74, 6) is -0.952. The molecule has 0 N–H and O–H groups in total. The van der Waals surface area contributed by atoms with E-state index in [-0.39, 0.29) is 37.5 Å². The fourth-order valence-electron chi connectivity index (χ4n) is 6.67. The lowest BCUT2D eigenvalue weighted by molar-refractivity contribution is -0.167. The third-order valence-electron chi connectivity index (χ3n) is 10.5. The van der Waals surface area contributed by atoms with Crippen LogP contribution in [-0.2, 0) is 28.6 Å². The minimum absolute atomic E-state index is 0.0965. The van der Waals surface area contributed by atoms with Gasteiger partial charge in [0.25, 0.3) is 0 Å². The zero-order chi connectivity index (χ0) is 43.0. The number of allylic oxidation sites excluding steroid dienone is 10. The van der Waals surface area contributed by atoms with E-state index in [1.54, 1.807) is 0 Å². The van der Waals surface area contributed by atoms with Crippen LogP contribution in [0.3, 0.4) is 0 Å². The van der Waals surface area contributed by atoms with Gasteiger partial charge < -0.3 is 14.2 Å². The summed E-state index contributed by atoms with van der Waals surface area (Å²) in [6.07, 6.45) is 57.7. The molecule has 0 atom stereocenters. The van der Waals surface area contributed by atoms with Gasteiger partial charge in [-0.05, 0) is 109 Å². The Morgan fingerprint density at radius 1 is 0.339 bits per heavy atom. The van der Waals surface area contributed by atoms with E-state index in [0.717, 1.165) is 77.0 Å². The quantitative estimate of drug-likeness (QED) is 0.0263. The first-order valence-corrected chi connectivity index (χ1v) is 24.8. The summed E-state index contributed by atoms with van der Waals surface area (Å²) < 4.78 is 16.7. The molecule has 0 heterocycles. The summed E-state index contributed by atoms with van der Waals surface area (Å²) in [7, 11) is 0. The molecule has 0 aliphatic heterocycles. The Balaban J connectivity index is 4.47. The Hall–Kier alpha value is -2.89. The minimum atomic E-state index is -0.798. The minimum Gasteiger partial charge on any atom is -0.462 e. The van der Waals surface area contributed by atoms with Crippen LogP contribution >= 0.6 is 0 Å². The summed E-state index contributed by atoms with van der Waals surface area (Å²) in [4.78, 5) is 37.9. The molecule has 0 aromatic heterocycles. The van der Waals surface area contributed by atoms with E-state index in [1.807, 2.05) is 0 Å². The lowest BCUT2D eigenvalue weighted by Crippen LogP contribution is -2.30. The van der Waals surface area contributed by atoms with Gasteiger partial charge in [0.15, 0.2) is 6.10 Å². The van der Waals surface area contributed by atoms with Crippen molar-refractivity contribution in [3.63, 3.8) is 0 Å². The second-order valence-electron chi connectivity index (χ2n) is 16.4. The highest BCUT2D eigenvalue weighted by Crippen LogP contribution is 2.13. The smallest absolute Gasteiger partial charge is 0.306 e. The Morgan fingerprint density at radius 3 is 1.03 bits per heavy atom. The van der Waals surface area contributed by atoms with Gasteiger partial charge in [0.1, 0.15) is 13.2 Å². The maximum atomic E-state index is 12.7. The SMILES string of the molecule is CCCCC/C=C\C/C=C\C/C=C\CCCCC(=O)OC(COC(=O)CCCCCCC/C=C\CCCCCC)COC(=O)CCCCCCC/C=C\CCCCCC. The molecular formula is C53H92O6. The molecule has 0 amide bonds. The highest BCUT2D eigenvalue weighted by atomic mass is 16.6. The van der Waals surface area contributed by atoms with Gasteiger partial charge in [0, 0.05) is 19.3 Å². The van der Waals surface area contributed by atoms with E-state index >= 15 is 0 Å². The zero-order valence-corrected chi connectivity index (χ0v) is 38.8. The largest absolute Gasteiger partial charge is 0.462 e. The predicted octanol–water partition coefficient (Wildman–Crippen LogP) is 16.1. The first-order valence-electron chi connectivity index (χ1n) is 24.8. The fourth-order valence-corrected chi connectivity index (χ4v) is 6.67. The molecule has 6 heteroatoms. The molecular weight excluding hydrogens is 733 g/mol. The van der Waals surface area contributed by atoms with Gasteiger partial charge in [0.2, 0.25) is 0 Å². The van der Waals surface area contributed by atoms with E-state index in [2.05, 4.69) is 81.5 Å². The van der Waals surface area contributed by atoms with Crippen molar-refractivity contribution in [3.8, 4) is 0 Å². The molecule has 0 bridgehead atoms. The number of carbonyl (C=O) groups excluding carboxylic acids is 3. The molecule has 0 spiro atoms. The average Bonchev–Trinajstić information content (AvgIpc) is 3.23. The lowest BCUT2D eigenvalue weighted by Gasteiger charge is -2.18. The van der Waals surface area contributed by atoms with Crippen molar-refractivity contribution in [2.45, 2.75) is 245 Å². The van der Waals surface area contributed by atoms with Gasteiger partial charge in [-0.3, -0.25) is 14.4 Å². The molecule has 0 rings (SSSR count). The molecule has 0 aromatic carbocycles. The summed E-state index contributed by atoms with van der Waals surface area (Å²) in [6.45, 7) is 6.53. The van der Waals surface area contributed by atoms with E-state index in [0.29, 0.717) is 19.3 Å². The standard InChI is InChI=1S/C53H92O6/c1-4-7-10-13-16-19-22-25-26-29-32-35-38-41-44-47-53(56)59-50(48-57-51(54)45-42-39-36-33-30-27-23-20-17-14-11-8-5-2)49-58-52(55)46-43-40-37-34-31-28-24-21-18-15-12-9-6-3/h16,19-21,23-26,32,35,50H,4-15,17-18,22,27-31,33-34,36-49H2,1-3H3/b19-16-,23-20-,24-21-,26-25-,35-32-. The maximum absolute atomic E-state index is 12.7. The van der Waals surface area contributed by atoms with Crippen molar-refractivity contribution in [3.05, 3.63) is 60.8 Å². The molecule has 0 aromatic rings. The summed E-state index contributed by atoms with van der Waals surface area (Å²) >= 11 is 0. The second kappa shape index (κ2) is 47.8. The molecule has 0 saturated carbocycles. The second-order valence-corrected chi connectivity index (χ2v) is 16.4. The summed E-state index contributed by atoms with van der Waals surface area (Å²) in [5, 5.41) is 0. The van der Waals surface area contributed by atoms with Gasteiger partial charge in [-0.15, -0.1) is 0 Å². The average molecular weight is 825 g/mol. The molecule has 6 nitrogen and oxygen atoms in total. The van der Waals surface area contributed by atoms with Crippen LogP contribution in [0.25, 0.3) is 0 Å². The van der Waals surface area contributed by atoms with Crippen molar-refractivity contribution < 1.29 is 28.6 Å². The zero-order valence-electron chi connectivity index (χ0n) is 38.8.